The van der Waals surface area contributed by atoms with E-state index in [0.29, 0.717) is 5.56 Å². The van der Waals surface area contributed by atoms with Crippen molar-refractivity contribution in [2.45, 2.75) is 25.8 Å². The van der Waals surface area contributed by atoms with Crippen LogP contribution < -0.4 is 10.9 Å². The maximum absolute atomic E-state index is 12.1. The molecule has 22 heavy (non-hydrogen) atoms. The molecular weight excluding hydrogens is 278 g/mol. The molecule has 2 N–H and O–H groups in total. The number of benzene rings is 1. The molecule has 1 fully saturated rings. The smallest absolute Gasteiger partial charge is 0.269 e. The van der Waals surface area contributed by atoms with Gasteiger partial charge in [-0.25, -0.2) is 0 Å². The Balaban J connectivity index is 1.50. The minimum atomic E-state index is -0.0919. The summed E-state index contributed by atoms with van der Waals surface area (Å²) in [6.07, 6.45) is 5.40. The van der Waals surface area contributed by atoms with Crippen molar-refractivity contribution in [1.29, 1.82) is 0 Å². The van der Waals surface area contributed by atoms with Crippen molar-refractivity contribution >= 4 is 5.91 Å². The Bertz CT molecular complexity index is 533. The number of rotatable bonds is 5. The molecule has 1 aromatic carbocycles. The van der Waals surface area contributed by atoms with E-state index in [1.54, 1.807) is 0 Å². The highest BCUT2D eigenvalue weighted by Gasteiger charge is 2.12. The van der Waals surface area contributed by atoms with Crippen molar-refractivity contribution in [3.63, 3.8) is 0 Å². The number of carbonyl (C=O) groups excluding carboxylic acids is 1. The molecule has 1 heterocycles. The first kappa shape index (κ1) is 15.1. The molecule has 1 amide bonds. The molecule has 0 saturated carbocycles. The van der Waals surface area contributed by atoms with E-state index in [4.69, 9.17) is 4.74 Å². The van der Waals surface area contributed by atoms with Crippen LogP contribution in [-0.4, -0.2) is 37.1 Å². The third-order valence-electron chi connectivity index (χ3n) is 4.10. The minimum Gasteiger partial charge on any atom is -0.379 e. The summed E-state index contributed by atoms with van der Waals surface area (Å²) in [5, 5.41) is 0. The quantitative estimate of drug-likeness (QED) is 0.815. The van der Waals surface area contributed by atoms with Crippen LogP contribution in [0.3, 0.4) is 0 Å². The predicted molar refractivity (Wildman–Crippen MR) is 85.1 cm³/mol. The zero-order valence-corrected chi connectivity index (χ0v) is 12.8. The van der Waals surface area contributed by atoms with Crippen LogP contribution in [0.4, 0.5) is 0 Å². The van der Waals surface area contributed by atoms with Crippen molar-refractivity contribution in [2.24, 2.45) is 0 Å². The minimum absolute atomic E-state index is 0.0919. The van der Waals surface area contributed by atoms with Gasteiger partial charge in [-0.15, -0.1) is 0 Å². The normalized spacial score (nSPS) is 18.8. The van der Waals surface area contributed by atoms with Gasteiger partial charge in [-0.05, 0) is 37.0 Å². The highest BCUT2D eigenvalue weighted by atomic mass is 16.5. The van der Waals surface area contributed by atoms with Crippen molar-refractivity contribution < 1.29 is 9.53 Å². The van der Waals surface area contributed by atoms with Crippen LogP contribution in [0.2, 0.25) is 0 Å². The van der Waals surface area contributed by atoms with E-state index in [1.165, 1.54) is 5.56 Å². The highest BCUT2D eigenvalue weighted by molar-refractivity contribution is 5.93. The molecule has 1 aliphatic heterocycles. The van der Waals surface area contributed by atoms with Gasteiger partial charge in [0.25, 0.3) is 5.91 Å². The molecule has 0 bridgehead atoms. The average molecular weight is 301 g/mol. The molecule has 0 radical (unpaired) electrons. The molecule has 3 rings (SSSR count). The molecule has 0 unspecified atom stereocenters. The number of nitrogens with zero attached hydrogens (tertiary/aromatic N) is 1. The van der Waals surface area contributed by atoms with Gasteiger partial charge in [0, 0.05) is 30.9 Å². The summed E-state index contributed by atoms with van der Waals surface area (Å²) < 4.78 is 5.35. The van der Waals surface area contributed by atoms with Crippen molar-refractivity contribution in [1.82, 2.24) is 15.8 Å². The molecule has 1 aromatic rings. The summed E-state index contributed by atoms with van der Waals surface area (Å²) in [5.41, 5.74) is 8.77. The summed E-state index contributed by atoms with van der Waals surface area (Å²) in [6, 6.07) is 7.82. The zero-order valence-electron chi connectivity index (χ0n) is 12.8. The van der Waals surface area contributed by atoms with Crippen LogP contribution in [0.1, 0.15) is 35.2 Å². The molecule has 5 heteroatoms. The molecular formula is C17H23N3O2. The van der Waals surface area contributed by atoms with Crippen LogP contribution in [0, 0.1) is 0 Å². The number of ether oxygens (including phenoxy) is 1. The van der Waals surface area contributed by atoms with Gasteiger partial charge < -0.3 is 10.2 Å². The number of hydrogen-bond acceptors (Lipinski definition) is 4. The van der Waals surface area contributed by atoms with Crippen LogP contribution in [-0.2, 0) is 11.3 Å². The number of carbonyl (C=O) groups is 1. The van der Waals surface area contributed by atoms with Gasteiger partial charge >= 0.3 is 0 Å². The molecule has 0 atom stereocenters. The van der Waals surface area contributed by atoms with E-state index in [-0.39, 0.29) is 5.91 Å². The van der Waals surface area contributed by atoms with E-state index < -0.39 is 0 Å². The number of morpholine rings is 1. The monoisotopic (exact) mass is 301 g/mol. The van der Waals surface area contributed by atoms with Crippen LogP contribution in [0.15, 0.2) is 36.0 Å². The lowest BCUT2D eigenvalue weighted by Crippen LogP contribution is -2.36. The van der Waals surface area contributed by atoms with Gasteiger partial charge in [-0.3, -0.25) is 15.1 Å². The molecule has 118 valence electrons. The standard InChI is InChI=1S/C17H23N3O2/c21-17(19-18-16-3-1-2-4-16)15-7-5-14(6-8-15)13-20-9-11-22-12-10-20/h3,5-8,18H,1-2,4,9-13H2,(H,19,21). The Morgan fingerprint density at radius 2 is 1.95 bits per heavy atom. The summed E-state index contributed by atoms with van der Waals surface area (Å²) >= 11 is 0. The average Bonchev–Trinajstić information content (AvgIpc) is 3.08. The van der Waals surface area contributed by atoms with Gasteiger partial charge in [-0.1, -0.05) is 18.2 Å². The van der Waals surface area contributed by atoms with Gasteiger partial charge in [0.2, 0.25) is 0 Å². The Kier molecular flexibility index (Phi) is 5.08. The van der Waals surface area contributed by atoms with Crippen molar-refractivity contribution in [2.75, 3.05) is 26.3 Å². The lowest BCUT2D eigenvalue weighted by Gasteiger charge is -2.26. The van der Waals surface area contributed by atoms with Crippen LogP contribution in [0.25, 0.3) is 0 Å². The van der Waals surface area contributed by atoms with Gasteiger partial charge in [0.15, 0.2) is 0 Å². The molecule has 0 aromatic heterocycles. The Morgan fingerprint density at radius 1 is 1.18 bits per heavy atom. The first-order valence-electron chi connectivity index (χ1n) is 7.96. The summed E-state index contributed by atoms with van der Waals surface area (Å²) in [7, 11) is 0. The van der Waals surface area contributed by atoms with Crippen LogP contribution >= 0.6 is 0 Å². The second kappa shape index (κ2) is 7.42. The molecule has 0 spiro atoms. The fraction of sp³-hybridized carbons (Fsp3) is 0.471. The maximum Gasteiger partial charge on any atom is 0.269 e. The number of allylic oxidation sites excluding steroid dienone is 2. The van der Waals surface area contributed by atoms with Gasteiger partial charge in [-0.2, -0.15) is 0 Å². The highest BCUT2D eigenvalue weighted by Crippen LogP contribution is 2.14. The molecule has 1 aliphatic carbocycles. The first-order valence-corrected chi connectivity index (χ1v) is 7.96. The zero-order chi connectivity index (χ0) is 15.2. The van der Waals surface area contributed by atoms with Crippen molar-refractivity contribution in [3.8, 4) is 0 Å². The van der Waals surface area contributed by atoms with Crippen LogP contribution in [0.5, 0.6) is 0 Å². The third-order valence-corrected chi connectivity index (χ3v) is 4.10. The number of hydrazine groups is 1. The Hall–Kier alpha value is -1.85. The molecule has 2 aliphatic rings. The van der Waals surface area contributed by atoms with E-state index in [2.05, 4.69) is 21.8 Å². The largest absolute Gasteiger partial charge is 0.379 e. The van der Waals surface area contributed by atoms with Crippen molar-refractivity contribution in [3.05, 3.63) is 47.2 Å². The predicted octanol–water partition coefficient (Wildman–Crippen LogP) is 1.82. The second-order valence-electron chi connectivity index (χ2n) is 5.79. The summed E-state index contributed by atoms with van der Waals surface area (Å²) in [6.45, 7) is 4.48. The third kappa shape index (κ3) is 4.08. The SMILES string of the molecule is O=C(NNC1=CCCC1)c1ccc(CN2CCOCC2)cc1. The maximum atomic E-state index is 12.1. The number of nitrogens with one attached hydrogen (secondary N) is 2. The summed E-state index contributed by atoms with van der Waals surface area (Å²) in [5.74, 6) is -0.0919. The molecule has 1 saturated heterocycles. The van der Waals surface area contributed by atoms with E-state index in [1.807, 2.05) is 24.3 Å². The first-order chi connectivity index (χ1) is 10.8. The Labute approximate surface area is 131 Å². The Morgan fingerprint density at radius 3 is 2.64 bits per heavy atom. The number of amides is 1. The fourth-order valence-corrected chi connectivity index (χ4v) is 2.77. The topological polar surface area (TPSA) is 53.6 Å². The second-order valence-corrected chi connectivity index (χ2v) is 5.79. The fourth-order valence-electron chi connectivity index (χ4n) is 2.77. The van der Waals surface area contributed by atoms with Gasteiger partial charge in [0.05, 0.1) is 13.2 Å². The van der Waals surface area contributed by atoms with E-state index >= 15 is 0 Å². The summed E-state index contributed by atoms with van der Waals surface area (Å²) in [4.78, 5) is 14.4. The van der Waals surface area contributed by atoms with Gasteiger partial charge in [0.1, 0.15) is 0 Å². The van der Waals surface area contributed by atoms with E-state index in [0.717, 1.165) is 57.8 Å². The molecule has 5 nitrogen and oxygen atoms in total. The van der Waals surface area contributed by atoms with E-state index in [9.17, 15) is 4.79 Å². The lowest BCUT2D eigenvalue weighted by atomic mass is 10.1. The number of hydrogen-bond donors (Lipinski definition) is 2. The lowest BCUT2D eigenvalue weighted by molar-refractivity contribution is 0.0342.